The van der Waals surface area contributed by atoms with Crippen LogP contribution >= 0.6 is 0 Å². The van der Waals surface area contributed by atoms with Crippen LogP contribution in [0.25, 0.3) is 0 Å². The second kappa shape index (κ2) is 8.92. The molecule has 1 amide bonds. The fourth-order valence-electron chi connectivity index (χ4n) is 2.81. The third kappa shape index (κ3) is 5.12. The minimum Gasteiger partial charge on any atom is -0.359 e. The number of Topliss-reactive ketones (excluding diaryl/α,β-unsaturated/α-hetero) is 1. The van der Waals surface area contributed by atoms with Crippen molar-refractivity contribution in [1.82, 2.24) is 0 Å². The average molecular weight is 359 g/mol. The van der Waals surface area contributed by atoms with Gasteiger partial charge in [0, 0.05) is 11.3 Å². The lowest BCUT2D eigenvalue weighted by atomic mass is 10.0. The maximum Gasteiger partial charge on any atom is 0.250 e. The van der Waals surface area contributed by atoms with E-state index in [2.05, 4.69) is 5.32 Å². The molecular weight excluding hydrogens is 338 g/mol. The van der Waals surface area contributed by atoms with Gasteiger partial charge >= 0.3 is 0 Å². The Kier molecular flexibility index (Phi) is 6.13. The summed E-state index contributed by atoms with van der Waals surface area (Å²) < 4.78 is 5.95. The number of rotatable bonds is 7. The molecule has 0 aromatic heterocycles. The van der Waals surface area contributed by atoms with Gasteiger partial charge in [-0.2, -0.15) is 0 Å². The second-order valence-electron chi connectivity index (χ2n) is 6.20. The van der Waals surface area contributed by atoms with Crippen molar-refractivity contribution in [3.8, 4) is 0 Å². The Balaban J connectivity index is 1.69. The molecule has 0 aliphatic carbocycles. The molecule has 0 radical (unpaired) electrons. The number of ketones is 1. The third-order valence-electron chi connectivity index (χ3n) is 4.14. The predicted octanol–water partition coefficient (Wildman–Crippen LogP) is 4.63. The van der Waals surface area contributed by atoms with Gasteiger partial charge in [-0.1, -0.05) is 72.8 Å². The first-order valence-corrected chi connectivity index (χ1v) is 8.76. The van der Waals surface area contributed by atoms with Gasteiger partial charge in [0.1, 0.15) is 12.7 Å². The molecule has 1 N–H and O–H groups in total. The van der Waals surface area contributed by atoms with Crippen LogP contribution in [0, 0.1) is 0 Å². The summed E-state index contributed by atoms with van der Waals surface area (Å²) in [6.45, 7) is 1.40. The molecule has 3 aromatic carbocycles. The van der Waals surface area contributed by atoms with Crippen molar-refractivity contribution in [2.75, 3.05) is 11.9 Å². The maximum atomic E-state index is 12.3. The second-order valence-corrected chi connectivity index (χ2v) is 6.20. The lowest BCUT2D eigenvalue weighted by molar-refractivity contribution is -0.121. The van der Waals surface area contributed by atoms with E-state index in [0.29, 0.717) is 11.3 Å². The molecule has 0 saturated heterocycles. The lowest BCUT2D eigenvalue weighted by Crippen LogP contribution is -2.20. The lowest BCUT2D eigenvalue weighted by Gasteiger charge is -2.19. The predicted molar refractivity (Wildman–Crippen MR) is 106 cm³/mol. The van der Waals surface area contributed by atoms with Gasteiger partial charge in [-0.15, -0.1) is 0 Å². The highest BCUT2D eigenvalue weighted by atomic mass is 16.5. The molecule has 0 fully saturated rings. The summed E-state index contributed by atoms with van der Waals surface area (Å²) in [5, 5.41) is 2.78. The van der Waals surface area contributed by atoms with E-state index in [-0.39, 0.29) is 24.4 Å². The zero-order chi connectivity index (χ0) is 19.1. The molecule has 0 aliphatic heterocycles. The number of ether oxygens (including phenoxy) is 1. The molecule has 4 nitrogen and oxygen atoms in total. The molecule has 0 bridgehead atoms. The maximum absolute atomic E-state index is 12.3. The van der Waals surface area contributed by atoms with Crippen LogP contribution in [-0.2, 0) is 9.53 Å². The van der Waals surface area contributed by atoms with Gasteiger partial charge in [0.15, 0.2) is 5.78 Å². The topological polar surface area (TPSA) is 55.4 Å². The summed E-state index contributed by atoms with van der Waals surface area (Å²) >= 11 is 0. The van der Waals surface area contributed by atoms with Crippen LogP contribution in [-0.4, -0.2) is 18.3 Å². The Morgan fingerprint density at radius 1 is 0.852 bits per heavy atom. The van der Waals surface area contributed by atoms with Gasteiger partial charge in [0.25, 0.3) is 0 Å². The summed E-state index contributed by atoms with van der Waals surface area (Å²) in [7, 11) is 0. The van der Waals surface area contributed by atoms with E-state index in [0.717, 1.165) is 11.1 Å². The number of carbonyl (C=O) groups is 2. The summed E-state index contributed by atoms with van der Waals surface area (Å²) in [4.78, 5) is 23.8. The van der Waals surface area contributed by atoms with Crippen molar-refractivity contribution >= 4 is 17.4 Å². The summed E-state index contributed by atoms with van der Waals surface area (Å²) in [5.41, 5.74) is 3.09. The first-order valence-electron chi connectivity index (χ1n) is 8.76. The Labute approximate surface area is 158 Å². The van der Waals surface area contributed by atoms with E-state index in [9.17, 15) is 9.59 Å². The fourth-order valence-corrected chi connectivity index (χ4v) is 2.81. The monoisotopic (exact) mass is 359 g/mol. The van der Waals surface area contributed by atoms with E-state index in [1.807, 2.05) is 60.7 Å². The van der Waals surface area contributed by atoms with Crippen molar-refractivity contribution < 1.29 is 14.3 Å². The number of anilines is 1. The van der Waals surface area contributed by atoms with Gasteiger partial charge in [-0.25, -0.2) is 0 Å². The molecule has 0 unspecified atom stereocenters. The van der Waals surface area contributed by atoms with E-state index in [1.165, 1.54) is 6.92 Å². The molecule has 0 spiro atoms. The van der Waals surface area contributed by atoms with E-state index in [1.54, 1.807) is 24.3 Å². The molecule has 27 heavy (non-hydrogen) atoms. The van der Waals surface area contributed by atoms with E-state index < -0.39 is 0 Å². The van der Waals surface area contributed by atoms with Crippen molar-refractivity contribution in [1.29, 1.82) is 0 Å². The summed E-state index contributed by atoms with van der Waals surface area (Å²) in [6, 6.07) is 26.4. The zero-order valence-electron chi connectivity index (χ0n) is 15.1. The standard InChI is InChI=1S/C23H21NO3/c1-17(25)20-13-8-14-21(15-20)24-22(26)16-27-23(18-9-4-2-5-10-18)19-11-6-3-7-12-19/h2-15,23H,16H2,1H3,(H,24,26). The summed E-state index contributed by atoms with van der Waals surface area (Å²) in [6.07, 6.45) is -0.332. The number of amides is 1. The van der Waals surface area contributed by atoms with Crippen LogP contribution in [0.1, 0.15) is 34.5 Å². The Bertz CT molecular complexity index is 868. The minimum absolute atomic E-state index is 0.0458. The molecule has 0 aliphatic rings. The molecular formula is C23H21NO3. The Morgan fingerprint density at radius 2 is 1.44 bits per heavy atom. The number of hydrogen-bond acceptors (Lipinski definition) is 3. The summed E-state index contributed by atoms with van der Waals surface area (Å²) in [5.74, 6) is -0.317. The van der Waals surface area contributed by atoms with Crippen LogP contribution in [0.4, 0.5) is 5.69 Å². The first-order chi connectivity index (χ1) is 13.1. The normalized spacial score (nSPS) is 10.6. The van der Waals surface area contributed by atoms with Gasteiger partial charge in [-0.3, -0.25) is 9.59 Å². The highest BCUT2D eigenvalue weighted by Gasteiger charge is 2.16. The van der Waals surface area contributed by atoms with Crippen LogP contribution in [0.3, 0.4) is 0 Å². The highest BCUT2D eigenvalue weighted by Crippen LogP contribution is 2.25. The zero-order valence-corrected chi connectivity index (χ0v) is 15.1. The van der Waals surface area contributed by atoms with Crippen LogP contribution in [0.2, 0.25) is 0 Å². The minimum atomic E-state index is -0.332. The molecule has 0 saturated carbocycles. The largest absolute Gasteiger partial charge is 0.359 e. The molecule has 3 aromatic rings. The molecule has 0 heterocycles. The van der Waals surface area contributed by atoms with Crippen LogP contribution in [0.15, 0.2) is 84.9 Å². The van der Waals surface area contributed by atoms with Gasteiger partial charge in [0.2, 0.25) is 5.91 Å². The Morgan fingerprint density at radius 3 is 2.00 bits per heavy atom. The van der Waals surface area contributed by atoms with Crippen molar-refractivity contribution in [2.24, 2.45) is 0 Å². The van der Waals surface area contributed by atoms with Crippen molar-refractivity contribution in [3.63, 3.8) is 0 Å². The van der Waals surface area contributed by atoms with Gasteiger partial charge in [-0.05, 0) is 30.2 Å². The molecule has 3 rings (SSSR count). The molecule has 136 valence electrons. The SMILES string of the molecule is CC(=O)c1cccc(NC(=O)COC(c2ccccc2)c2ccccc2)c1. The van der Waals surface area contributed by atoms with Crippen LogP contribution < -0.4 is 5.32 Å². The van der Waals surface area contributed by atoms with Crippen molar-refractivity contribution in [3.05, 3.63) is 102 Å². The number of nitrogens with one attached hydrogen (secondary N) is 1. The van der Waals surface area contributed by atoms with Gasteiger partial charge < -0.3 is 10.1 Å². The number of benzene rings is 3. The highest BCUT2D eigenvalue weighted by molar-refractivity contribution is 5.97. The quantitative estimate of drug-likeness (QED) is 0.626. The smallest absolute Gasteiger partial charge is 0.250 e. The number of carbonyl (C=O) groups excluding carboxylic acids is 2. The Hall–Kier alpha value is -3.24. The van der Waals surface area contributed by atoms with E-state index >= 15 is 0 Å². The van der Waals surface area contributed by atoms with E-state index in [4.69, 9.17) is 4.74 Å². The fraction of sp³-hybridized carbons (Fsp3) is 0.130. The number of hydrogen-bond donors (Lipinski definition) is 1. The van der Waals surface area contributed by atoms with Gasteiger partial charge in [0.05, 0.1) is 0 Å². The molecule has 4 heteroatoms. The first kappa shape index (κ1) is 18.5. The average Bonchev–Trinajstić information content (AvgIpc) is 2.70. The third-order valence-corrected chi connectivity index (χ3v) is 4.14. The molecule has 0 atom stereocenters. The van der Waals surface area contributed by atoms with Crippen molar-refractivity contribution in [2.45, 2.75) is 13.0 Å². The van der Waals surface area contributed by atoms with Crippen LogP contribution in [0.5, 0.6) is 0 Å².